The second-order valence-electron chi connectivity index (χ2n) is 5.30. The zero-order valence-corrected chi connectivity index (χ0v) is 9.91. The Morgan fingerprint density at radius 1 is 1.20 bits per heavy atom. The van der Waals surface area contributed by atoms with Gasteiger partial charge in [0, 0.05) is 0 Å². The molecule has 1 rings (SSSR count). The average molecular weight is 206 g/mol. The Balaban J connectivity index is 2.92. The van der Waals surface area contributed by atoms with Crippen LogP contribution >= 0.6 is 0 Å². The van der Waals surface area contributed by atoms with E-state index in [0.717, 1.165) is 12.0 Å². The Morgan fingerprint density at radius 2 is 1.80 bits per heavy atom. The molecule has 0 fully saturated rings. The van der Waals surface area contributed by atoms with Gasteiger partial charge in [0.15, 0.2) is 0 Å². The monoisotopic (exact) mass is 206 g/mol. The van der Waals surface area contributed by atoms with E-state index in [-0.39, 0.29) is 5.41 Å². The fourth-order valence-electron chi connectivity index (χ4n) is 1.75. The summed E-state index contributed by atoms with van der Waals surface area (Å²) >= 11 is 0. The van der Waals surface area contributed by atoms with Crippen molar-refractivity contribution < 1.29 is 10.0 Å². The van der Waals surface area contributed by atoms with Crippen molar-refractivity contribution in [3.8, 4) is 0 Å². The van der Waals surface area contributed by atoms with Crippen molar-refractivity contribution in [2.24, 2.45) is 5.41 Å². The molecule has 0 amide bonds. The highest BCUT2D eigenvalue weighted by Gasteiger charge is 2.16. The molecule has 0 aliphatic rings. The molecule has 0 spiro atoms. The summed E-state index contributed by atoms with van der Waals surface area (Å²) in [5, 5.41) is 18.2. The minimum atomic E-state index is -1.37. The van der Waals surface area contributed by atoms with Gasteiger partial charge in [0.25, 0.3) is 0 Å². The first-order valence-corrected chi connectivity index (χ1v) is 5.25. The number of aryl methyl sites for hydroxylation is 1. The largest absolute Gasteiger partial charge is 0.488 e. The highest BCUT2D eigenvalue weighted by molar-refractivity contribution is 6.59. The normalized spacial score (nSPS) is 11.6. The van der Waals surface area contributed by atoms with Crippen LogP contribution in [-0.2, 0) is 6.42 Å². The molecule has 3 heteroatoms. The van der Waals surface area contributed by atoms with E-state index in [0.29, 0.717) is 5.46 Å². The Labute approximate surface area is 92.1 Å². The van der Waals surface area contributed by atoms with E-state index < -0.39 is 7.12 Å². The van der Waals surface area contributed by atoms with Crippen LogP contribution in [0.25, 0.3) is 0 Å². The van der Waals surface area contributed by atoms with Crippen molar-refractivity contribution in [2.75, 3.05) is 0 Å². The molecule has 15 heavy (non-hydrogen) atoms. The molecule has 2 N–H and O–H groups in total. The molecule has 0 unspecified atom stereocenters. The third-order valence-corrected chi connectivity index (χ3v) is 2.35. The fourth-order valence-corrected chi connectivity index (χ4v) is 1.75. The van der Waals surface area contributed by atoms with Gasteiger partial charge in [0.2, 0.25) is 0 Å². The molecular formula is C12H19BO2. The summed E-state index contributed by atoms with van der Waals surface area (Å²) < 4.78 is 0. The lowest BCUT2D eigenvalue weighted by atomic mass is 9.76. The molecule has 82 valence electrons. The minimum absolute atomic E-state index is 0.256. The zero-order valence-electron chi connectivity index (χ0n) is 9.91. The number of hydrogen-bond acceptors (Lipinski definition) is 2. The lowest BCUT2D eigenvalue weighted by Gasteiger charge is -2.19. The topological polar surface area (TPSA) is 40.5 Å². The lowest BCUT2D eigenvalue weighted by Crippen LogP contribution is -2.32. The third-order valence-electron chi connectivity index (χ3n) is 2.35. The van der Waals surface area contributed by atoms with Crippen LogP contribution in [0.15, 0.2) is 18.2 Å². The van der Waals surface area contributed by atoms with Crippen molar-refractivity contribution in [1.82, 2.24) is 0 Å². The van der Waals surface area contributed by atoms with Gasteiger partial charge >= 0.3 is 7.12 Å². The molecule has 0 aromatic heterocycles. The standard InChI is InChI=1S/C12H19BO2/c1-9-7-10(8-12(2,3)4)5-6-11(9)13(14)15/h5-7,14-15H,8H2,1-4H3. The predicted octanol–water partition coefficient (Wildman–Crippen LogP) is 1.26. The van der Waals surface area contributed by atoms with Crippen LogP contribution in [0, 0.1) is 12.3 Å². The first kappa shape index (κ1) is 12.3. The van der Waals surface area contributed by atoms with Crippen LogP contribution in [0.3, 0.4) is 0 Å². The van der Waals surface area contributed by atoms with Crippen LogP contribution in [0.1, 0.15) is 31.9 Å². The van der Waals surface area contributed by atoms with Gasteiger partial charge in [0.1, 0.15) is 0 Å². The smallest absolute Gasteiger partial charge is 0.423 e. The second kappa shape index (κ2) is 4.37. The lowest BCUT2D eigenvalue weighted by molar-refractivity contribution is 0.411. The maximum Gasteiger partial charge on any atom is 0.488 e. The van der Waals surface area contributed by atoms with Gasteiger partial charge in [-0.15, -0.1) is 0 Å². The summed E-state index contributed by atoms with van der Waals surface area (Å²) in [6, 6.07) is 5.79. The van der Waals surface area contributed by atoms with E-state index in [4.69, 9.17) is 10.0 Å². The SMILES string of the molecule is Cc1cc(CC(C)(C)C)ccc1B(O)O. The molecule has 1 aromatic rings. The van der Waals surface area contributed by atoms with Crippen LogP contribution in [0.4, 0.5) is 0 Å². The molecule has 0 heterocycles. The van der Waals surface area contributed by atoms with Crippen molar-refractivity contribution in [3.63, 3.8) is 0 Å². The Bertz CT molecular complexity index is 340. The second-order valence-corrected chi connectivity index (χ2v) is 5.30. The minimum Gasteiger partial charge on any atom is -0.423 e. The van der Waals surface area contributed by atoms with E-state index in [1.165, 1.54) is 5.56 Å². The Hall–Kier alpha value is -0.795. The molecule has 0 aliphatic carbocycles. The van der Waals surface area contributed by atoms with Gasteiger partial charge in [-0.1, -0.05) is 44.5 Å². The van der Waals surface area contributed by atoms with Crippen LogP contribution < -0.4 is 5.46 Å². The molecule has 2 nitrogen and oxygen atoms in total. The van der Waals surface area contributed by atoms with Gasteiger partial charge in [-0.3, -0.25) is 0 Å². The quantitative estimate of drug-likeness (QED) is 0.715. The van der Waals surface area contributed by atoms with Gasteiger partial charge in [0.05, 0.1) is 0 Å². The Kier molecular flexibility index (Phi) is 3.58. The highest BCUT2D eigenvalue weighted by atomic mass is 16.4. The van der Waals surface area contributed by atoms with Gasteiger partial charge in [-0.05, 0) is 29.8 Å². The fraction of sp³-hybridized carbons (Fsp3) is 0.500. The average Bonchev–Trinajstić information content (AvgIpc) is 1.99. The van der Waals surface area contributed by atoms with E-state index in [1.54, 1.807) is 6.07 Å². The Morgan fingerprint density at radius 3 is 2.20 bits per heavy atom. The van der Waals surface area contributed by atoms with Crippen molar-refractivity contribution in [1.29, 1.82) is 0 Å². The summed E-state index contributed by atoms with van der Waals surface area (Å²) in [7, 11) is -1.37. The first-order chi connectivity index (χ1) is 6.79. The number of hydrogen-bond donors (Lipinski definition) is 2. The van der Waals surface area contributed by atoms with Crippen LogP contribution in [0.5, 0.6) is 0 Å². The van der Waals surface area contributed by atoms with Crippen molar-refractivity contribution in [3.05, 3.63) is 29.3 Å². The van der Waals surface area contributed by atoms with Crippen LogP contribution in [-0.4, -0.2) is 17.2 Å². The molecular weight excluding hydrogens is 187 g/mol. The van der Waals surface area contributed by atoms with Crippen molar-refractivity contribution in [2.45, 2.75) is 34.1 Å². The predicted molar refractivity (Wildman–Crippen MR) is 64.2 cm³/mol. The zero-order chi connectivity index (χ0) is 11.6. The summed E-state index contributed by atoms with van der Waals surface area (Å²) in [6.07, 6.45) is 0.996. The maximum absolute atomic E-state index is 9.08. The van der Waals surface area contributed by atoms with Crippen molar-refractivity contribution >= 4 is 12.6 Å². The van der Waals surface area contributed by atoms with Crippen LogP contribution in [0.2, 0.25) is 0 Å². The molecule has 0 aliphatic heterocycles. The maximum atomic E-state index is 9.08. The molecule has 1 aromatic carbocycles. The van der Waals surface area contributed by atoms with Gasteiger partial charge in [-0.25, -0.2) is 0 Å². The third kappa shape index (κ3) is 3.69. The molecule has 0 saturated carbocycles. The summed E-state index contributed by atoms with van der Waals surface area (Å²) in [6.45, 7) is 8.48. The van der Waals surface area contributed by atoms with E-state index in [2.05, 4.69) is 20.8 Å². The summed E-state index contributed by atoms with van der Waals surface area (Å²) in [4.78, 5) is 0. The summed E-state index contributed by atoms with van der Waals surface area (Å²) in [5.41, 5.74) is 3.02. The van der Waals surface area contributed by atoms with E-state index in [1.807, 2.05) is 19.1 Å². The van der Waals surface area contributed by atoms with Gasteiger partial charge < -0.3 is 10.0 Å². The molecule has 0 saturated heterocycles. The molecule has 0 bridgehead atoms. The molecule has 0 atom stereocenters. The van der Waals surface area contributed by atoms with Gasteiger partial charge in [-0.2, -0.15) is 0 Å². The number of benzene rings is 1. The van der Waals surface area contributed by atoms with E-state index >= 15 is 0 Å². The highest BCUT2D eigenvalue weighted by Crippen LogP contribution is 2.20. The first-order valence-electron chi connectivity index (χ1n) is 5.25. The molecule has 0 radical (unpaired) electrons. The summed E-state index contributed by atoms with van der Waals surface area (Å²) in [5.74, 6) is 0. The number of rotatable bonds is 2. The van der Waals surface area contributed by atoms with E-state index in [9.17, 15) is 0 Å².